The summed E-state index contributed by atoms with van der Waals surface area (Å²) in [5.74, 6) is 0.459. The summed E-state index contributed by atoms with van der Waals surface area (Å²) in [6, 6.07) is 5.83. The average molecular weight is 204 g/mol. The highest BCUT2D eigenvalue weighted by Crippen LogP contribution is 2.47. The van der Waals surface area contributed by atoms with Gasteiger partial charge in [0.2, 0.25) is 0 Å². The number of likely N-dealkylation sites (N-methyl/N-ethyl adjacent to an activating group) is 1. The van der Waals surface area contributed by atoms with Crippen molar-refractivity contribution in [2.24, 2.45) is 0 Å². The van der Waals surface area contributed by atoms with Crippen LogP contribution < -0.4 is 10.2 Å². The molecule has 0 bridgehead atoms. The van der Waals surface area contributed by atoms with Crippen LogP contribution in [0.3, 0.4) is 0 Å². The first-order valence-electron chi connectivity index (χ1n) is 5.47. The molecule has 1 saturated heterocycles. The van der Waals surface area contributed by atoms with Gasteiger partial charge in [-0.2, -0.15) is 0 Å². The van der Waals surface area contributed by atoms with E-state index in [2.05, 4.69) is 23.3 Å². The second-order valence-electron chi connectivity index (χ2n) is 4.73. The maximum absolute atomic E-state index is 10.0. The fourth-order valence-corrected chi connectivity index (χ4v) is 3.10. The number of rotatable bonds is 0. The monoisotopic (exact) mass is 204 g/mol. The van der Waals surface area contributed by atoms with Gasteiger partial charge in [-0.3, -0.25) is 0 Å². The number of hydrogen-bond acceptors (Lipinski definition) is 3. The maximum Gasteiger partial charge on any atom is 0.121 e. The molecule has 0 saturated carbocycles. The van der Waals surface area contributed by atoms with Crippen LogP contribution in [-0.4, -0.2) is 31.8 Å². The minimum absolute atomic E-state index is 0.148. The van der Waals surface area contributed by atoms with E-state index in [9.17, 15) is 5.11 Å². The summed E-state index contributed by atoms with van der Waals surface area (Å²) in [6.07, 6.45) is 1.13. The third kappa shape index (κ3) is 1.10. The number of fused-ring (bicyclic) bond motifs is 2. The van der Waals surface area contributed by atoms with Crippen LogP contribution in [0.25, 0.3) is 0 Å². The Morgan fingerprint density at radius 2 is 2.33 bits per heavy atom. The van der Waals surface area contributed by atoms with Crippen LogP contribution in [0.2, 0.25) is 0 Å². The average Bonchev–Trinajstić information content (AvgIpc) is 2.76. The van der Waals surface area contributed by atoms with Crippen LogP contribution in [0.15, 0.2) is 18.2 Å². The number of hydrogen-bond donors (Lipinski definition) is 2. The minimum Gasteiger partial charge on any atom is -0.508 e. The van der Waals surface area contributed by atoms with Gasteiger partial charge in [-0.1, -0.05) is 6.07 Å². The van der Waals surface area contributed by atoms with Crippen LogP contribution in [-0.2, 0) is 5.41 Å². The lowest BCUT2D eigenvalue weighted by molar-refractivity contribution is 0.434. The molecule has 2 N–H and O–H groups in total. The van der Waals surface area contributed by atoms with Gasteiger partial charge in [0.1, 0.15) is 5.75 Å². The molecule has 1 fully saturated rings. The van der Waals surface area contributed by atoms with Crippen molar-refractivity contribution in [3.05, 3.63) is 23.8 Å². The van der Waals surface area contributed by atoms with Gasteiger partial charge in [0, 0.05) is 36.8 Å². The quantitative estimate of drug-likeness (QED) is 0.663. The second-order valence-corrected chi connectivity index (χ2v) is 4.73. The number of aromatic hydroxyl groups is 1. The highest BCUT2D eigenvalue weighted by molar-refractivity contribution is 5.67. The molecule has 0 radical (unpaired) electrons. The summed E-state index contributed by atoms with van der Waals surface area (Å²) >= 11 is 0. The Morgan fingerprint density at radius 3 is 3.07 bits per heavy atom. The van der Waals surface area contributed by atoms with Crippen molar-refractivity contribution >= 4 is 5.69 Å². The topological polar surface area (TPSA) is 35.5 Å². The molecule has 1 aromatic carbocycles. The third-order valence-corrected chi connectivity index (χ3v) is 3.75. The van der Waals surface area contributed by atoms with Crippen molar-refractivity contribution in [2.75, 3.05) is 31.6 Å². The molecule has 1 spiro atoms. The number of nitrogens with one attached hydrogen (secondary N) is 1. The molecule has 0 aliphatic carbocycles. The number of anilines is 1. The minimum atomic E-state index is 0.148. The Labute approximate surface area is 89.7 Å². The van der Waals surface area contributed by atoms with E-state index in [-0.39, 0.29) is 5.41 Å². The van der Waals surface area contributed by atoms with E-state index in [1.807, 2.05) is 6.07 Å². The molecule has 2 aliphatic heterocycles. The second kappa shape index (κ2) is 2.89. The Hall–Kier alpha value is -1.22. The predicted molar refractivity (Wildman–Crippen MR) is 60.5 cm³/mol. The van der Waals surface area contributed by atoms with Gasteiger partial charge in [-0.15, -0.1) is 0 Å². The Morgan fingerprint density at radius 1 is 1.47 bits per heavy atom. The first-order valence-corrected chi connectivity index (χ1v) is 5.47. The zero-order valence-electron chi connectivity index (χ0n) is 8.95. The van der Waals surface area contributed by atoms with Crippen LogP contribution in [0.5, 0.6) is 5.75 Å². The molecule has 15 heavy (non-hydrogen) atoms. The molecule has 3 nitrogen and oxygen atoms in total. The van der Waals surface area contributed by atoms with Gasteiger partial charge in [-0.05, 0) is 25.1 Å². The van der Waals surface area contributed by atoms with Crippen molar-refractivity contribution < 1.29 is 5.11 Å². The zero-order chi connectivity index (χ0) is 10.5. The third-order valence-electron chi connectivity index (χ3n) is 3.75. The zero-order valence-corrected chi connectivity index (χ0v) is 8.95. The summed E-state index contributed by atoms with van der Waals surface area (Å²) in [7, 11) is 2.10. The first kappa shape index (κ1) is 9.04. The maximum atomic E-state index is 10.0. The number of benzene rings is 1. The smallest absolute Gasteiger partial charge is 0.121 e. The van der Waals surface area contributed by atoms with Crippen LogP contribution >= 0.6 is 0 Å². The SMILES string of the molecule is CN1CC2(CCNC2)c2c(O)cccc21. The summed E-state index contributed by atoms with van der Waals surface area (Å²) in [4.78, 5) is 2.25. The number of phenols is 1. The lowest BCUT2D eigenvalue weighted by Crippen LogP contribution is -2.33. The Balaban J connectivity index is 2.19. The summed E-state index contributed by atoms with van der Waals surface area (Å²) in [6.45, 7) is 3.07. The molecule has 1 atom stereocenters. The Kier molecular flexibility index (Phi) is 1.74. The van der Waals surface area contributed by atoms with Crippen LogP contribution in [0.1, 0.15) is 12.0 Å². The van der Waals surface area contributed by atoms with Crippen LogP contribution in [0.4, 0.5) is 5.69 Å². The van der Waals surface area contributed by atoms with Gasteiger partial charge in [0.15, 0.2) is 0 Å². The van der Waals surface area contributed by atoms with E-state index in [4.69, 9.17) is 0 Å². The fraction of sp³-hybridized carbons (Fsp3) is 0.500. The molecule has 0 amide bonds. The molecular weight excluding hydrogens is 188 g/mol. The van der Waals surface area contributed by atoms with Gasteiger partial charge in [0.25, 0.3) is 0 Å². The van der Waals surface area contributed by atoms with E-state index in [1.165, 1.54) is 5.69 Å². The molecule has 80 valence electrons. The fourth-order valence-electron chi connectivity index (χ4n) is 3.10. The van der Waals surface area contributed by atoms with Gasteiger partial charge < -0.3 is 15.3 Å². The van der Waals surface area contributed by atoms with E-state index in [1.54, 1.807) is 6.07 Å². The van der Waals surface area contributed by atoms with Crippen molar-refractivity contribution in [3.63, 3.8) is 0 Å². The van der Waals surface area contributed by atoms with Crippen molar-refractivity contribution in [3.8, 4) is 5.75 Å². The molecule has 1 unspecified atom stereocenters. The van der Waals surface area contributed by atoms with E-state index < -0.39 is 0 Å². The Bertz CT molecular complexity index is 397. The molecule has 3 heteroatoms. The molecule has 1 aromatic rings. The van der Waals surface area contributed by atoms with E-state index in [0.29, 0.717) is 5.75 Å². The van der Waals surface area contributed by atoms with Crippen molar-refractivity contribution in [1.29, 1.82) is 0 Å². The molecule has 2 aliphatic rings. The van der Waals surface area contributed by atoms with E-state index in [0.717, 1.165) is 31.6 Å². The highest BCUT2D eigenvalue weighted by Gasteiger charge is 2.45. The number of nitrogens with zero attached hydrogens (tertiary/aromatic N) is 1. The molecular formula is C12H16N2O. The molecule has 2 heterocycles. The van der Waals surface area contributed by atoms with E-state index >= 15 is 0 Å². The van der Waals surface area contributed by atoms with Crippen molar-refractivity contribution in [2.45, 2.75) is 11.8 Å². The molecule has 0 aromatic heterocycles. The van der Waals surface area contributed by atoms with Crippen LogP contribution in [0, 0.1) is 0 Å². The first-order chi connectivity index (χ1) is 7.23. The van der Waals surface area contributed by atoms with Gasteiger partial charge >= 0.3 is 0 Å². The highest BCUT2D eigenvalue weighted by atomic mass is 16.3. The molecule has 3 rings (SSSR count). The van der Waals surface area contributed by atoms with Gasteiger partial charge in [0.05, 0.1) is 0 Å². The lowest BCUT2D eigenvalue weighted by Gasteiger charge is -2.23. The predicted octanol–water partition coefficient (Wildman–Crippen LogP) is 1.07. The standard InChI is InChI=1S/C12H16N2O/c1-14-8-12(5-6-13-7-12)11-9(14)3-2-4-10(11)15/h2-4,13,15H,5-8H2,1H3. The van der Waals surface area contributed by atoms with Gasteiger partial charge in [-0.25, -0.2) is 0 Å². The lowest BCUT2D eigenvalue weighted by atomic mass is 9.81. The normalized spacial score (nSPS) is 28.7. The summed E-state index contributed by atoms with van der Waals surface area (Å²) < 4.78 is 0. The van der Waals surface area contributed by atoms with Crippen molar-refractivity contribution in [1.82, 2.24) is 5.32 Å². The summed E-state index contributed by atoms with van der Waals surface area (Å²) in [5.41, 5.74) is 2.49. The summed E-state index contributed by atoms with van der Waals surface area (Å²) in [5, 5.41) is 13.4. The largest absolute Gasteiger partial charge is 0.508 e. The number of phenolic OH excluding ortho intramolecular Hbond substituents is 1.